The Balaban J connectivity index is 2.52. The molecule has 0 fully saturated rings. The molecule has 1 heterocycles. The zero-order chi connectivity index (χ0) is 13.2. The van der Waals surface area contributed by atoms with E-state index in [-0.39, 0.29) is 5.52 Å². The first-order valence-corrected chi connectivity index (χ1v) is 5.49. The number of fused-ring (bicyclic) bond motifs is 1. The topological polar surface area (TPSA) is 37.8 Å². The third-order valence-corrected chi connectivity index (χ3v) is 2.56. The summed E-state index contributed by atoms with van der Waals surface area (Å²) >= 11 is 0. The van der Waals surface area contributed by atoms with Crippen LogP contribution in [0.4, 0.5) is 13.2 Å². The summed E-state index contributed by atoms with van der Waals surface area (Å²) in [6.45, 7) is 0.625. The van der Waals surface area contributed by atoms with Gasteiger partial charge in [-0.25, -0.2) is 9.97 Å². The minimum absolute atomic E-state index is 0.0360. The van der Waals surface area contributed by atoms with Crippen molar-refractivity contribution in [2.45, 2.75) is 12.6 Å². The highest BCUT2D eigenvalue weighted by molar-refractivity contribution is 5.81. The van der Waals surface area contributed by atoms with Gasteiger partial charge in [0.15, 0.2) is 0 Å². The number of nitrogens with zero attached hydrogens (tertiary/aromatic N) is 2. The Bertz CT molecular complexity index is 552. The maximum Gasteiger partial charge on any atom is 0.418 e. The molecule has 1 N–H and O–H groups in total. The highest BCUT2D eigenvalue weighted by Crippen LogP contribution is 2.33. The Labute approximate surface area is 102 Å². The minimum atomic E-state index is -4.39. The quantitative estimate of drug-likeness (QED) is 0.915. The van der Waals surface area contributed by atoms with Gasteiger partial charge in [0.2, 0.25) is 0 Å². The molecule has 6 heteroatoms. The molecular weight excluding hydrogens is 243 g/mol. The van der Waals surface area contributed by atoms with Gasteiger partial charge < -0.3 is 5.32 Å². The van der Waals surface area contributed by atoms with Crippen LogP contribution in [0.3, 0.4) is 0 Å². The van der Waals surface area contributed by atoms with Gasteiger partial charge in [-0.15, -0.1) is 0 Å². The highest BCUT2D eigenvalue weighted by Gasteiger charge is 2.33. The van der Waals surface area contributed by atoms with E-state index in [4.69, 9.17) is 0 Å². The second-order valence-electron chi connectivity index (χ2n) is 3.88. The van der Waals surface area contributed by atoms with E-state index < -0.39 is 11.7 Å². The van der Waals surface area contributed by atoms with Crippen LogP contribution in [0, 0.1) is 0 Å². The average molecular weight is 255 g/mol. The van der Waals surface area contributed by atoms with Crippen LogP contribution in [0.15, 0.2) is 24.4 Å². The molecular formula is C12H12F3N3. The number of hydrogen-bond acceptors (Lipinski definition) is 3. The number of rotatable bonds is 3. The molecule has 96 valence electrons. The predicted molar refractivity (Wildman–Crippen MR) is 62.2 cm³/mol. The SMILES string of the molecule is CNCCc1ncc2cccc(C(F)(F)F)c2n1. The molecule has 18 heavy (non-hydrogen) atoms. The van der Waals surface area contributed by atoms with E-state index in [1.54, 1.807) is 13.1 Å². The van der Waals surface area contributed by atoms with Crippen molar-refractivity contribution >= 4 is 10.9 Å². The maximum absolute atomic E-state index is 12.8. The molecule has 0 aliphatic rings. The second kappa shape index (κ2) is 4.89. The molecule has 0 bridgehead atoms. The lowest BCUT2D eigenvalue weighted by molar-refractivity contribution is -0.136. The lowest BCUT2D eigenvalue weighted by Crippen LogP contribution is -2.13. The zero-order valence-electron chi connectivity index (χ0n) is 9.75. The van der Waals surface area contributed by atoms with Crippen LogP contribution in [0.2, 0.25) is 0 Å². The van der Waals surface area contributed by atoms with Crippen LogP contribution in [-0.4, -0.2) is 23.6 Å². The van der Waals surface area contributed by atoms with Crippen LogP contribution in [0.1, 0.15) is 11.4 Å². The smallest absolute Gasteiger partial charge is 0.319 e. The number of aromatic nitrogens is 2. The summed E-state index contributed by atoms with van der Waals surface area (Å²) in [5.41, 5.74) is -0.751. The summed E-state index contributed by atoms with van der Waals surface area (Å²) in [6, 6.07) is 3.98. The van der Waals surface area contributed by atoms with Gasteiger partial charge >= 0.3 is 6.18 Å². The van der Waals surface area contributed by atoms with Crippen molar-refractivity contribution in [1.29, 1.82) is 0 Å². The number of likely N-dealkylation sites (N-methyl/N-ethyl adjacent to an activating group) is 1. The molecule has 2 aromatic rings. The van der Waals surface area contributed by atoms with E-state index in [1.165, 1.54) is 12.3 Å². The number of halogens is 3. The van der Waals surface area contributed by atoms with Gasteiger partial charge in [-0.2, -0.15) is 13.2 Å². The third-order valence-electron chi connectivity index (χ3n) is 2.56. The number of nitrogens with one attached hydrogen (secondary N) is 1. The van der Waals surface area contributed by atoms with Crippen molar-refractivity contribution in [3.8, 4) is 0 Å². The monoisotopic (exact) mass is 255 g/mol. The minimum Gasteiger partial charge on any atom is -0.319 e. The Morgan fingerprint density at radius 3 is 2.72 bits per heavy atom. The van der Waals surface area contributed by atoms with Crippen molar-refractivity contribution in [3.05, 3.63) is 35.8 Å². The van der Waals surface area contributed by atoms with E-state index in [2.05, 4.69) is 15.3 Å². The van der Waals surface area contributed by atoms with E-state index in [9.17, 15) is 13.2 Å². The number of hydrogen-bond donors (Lipinski definition) is 1. The normalized spacial score (nSPS) is 12.0. The molecule has 0 saturated heterocycles. The molecule has 0 aliphatic carbocycles. The Hall–Kier alpha value is -1.69. The van der Waals surface area contributed by atoms with E-state index in [0.29, 0.717) is 24.2 Å². The molecule has 2 rings (SSSR count). The van der Waals surface area contributed by atoms with Gasteiger partial charge in [0, 0.05) is 24.5 Å². The fourth-order valence-corrected chi connectivity index (χ4v) is 1.68. The van der Waals surface area contributed by atoms with E-state index >= 15 is 0 Å². The first kappa shape index (κ1) is 12.8. The van der Waals surface area contributed by atoms with Crippen LogP contribution in [-0.2, 0) is 12.6 Å². The average Bonchev–Trinajstić information content (AvgIpc) is 2.34. The molecule has 1 aromatic carbocycles. The molecule has 0 aliphatic heterocycles. The summed E-state index contributed by atoms with van der Waals surface area (Å²) in [7, 11) is 1.77. The number of alkyl halides is 3. The Morgan fingerprint density at radius 2 is 2.06 bits per heavy atom. The standard InChI is InChI=1S/C12H12F3N3/c1-16-6-5-10-17-7-8-3-2-4-9(11(8)18-10)12(13,14)15/h2-4,7,16H,5-6H2,1H3. The lowest BCUT2D eigenvalue weighted by Gasteiger charge is -2.10. The van der Waals surface area contributed by atoms with Crippen LogP contribution >= 0.6 is 0 Å². The highest BCUT2D eigenvalue weighted by atomic mass is 19.4. The maximum atomic E-state index is 12.8. The number of para-hydroxylation sites is 1. The summed E-state index contributed by atoms with van der Waals surface area (Å²) in [6.07, 6.45) is -2.46. The summed E-state index contributed by atoms with van der Waals surface area (Å²) in [5.74, 6) is 0.411. The van der Waals surface area contributed by atoms with Crippen LogP contribution in [0.5, 0.6) is 0 Å². The van der Waals surface area contributed by atoms with E-state index in [0.717, 1.165) is 6.07 Å². The van der Waals surface area contributed by atoms with Crippen LogP contribution < -0.4 is 5.32 Å². The molecule has 0 unspecified atom stereocenters. The van der Waals surface area contributed by atoms with Gasteiger partial charge in [-0.05, 0) is 13.1 Å². The molecule has 0 radical (unpaired) electrons. The fourth-order valence-electron chi connectivity index (χ4n) is 1.68. The van der Waals surface area contributed by atoms with Crippen molar-refractivity contribution in [2.24, 2.45) is 0 Å². The number of benzene rings is 1. The van der Waals surface area contributed by atoms with Gasteiger partial charge in [0.1, 0.15) is 5.82 Å². The molecule has 0 amide bonds. The first-order valence-electron chi connectivity index (χ1n) is 5.49. The van der Waals surface area contributed by atoms with Crippen molar-refractivity contribution < 1.29 is 13.2 Å². The molecule has 0 spiro atoms. The lowest BCUT2D eigenvalue weighted by atomic mass is 10.1. The molecule has 1 aromatic heterocycles. The Kier molecular flexibility index (Phi) is 3.47. The third kappa shape index (κ3) is 2.59. The van der Waals surface area contributed by atoms with Gasteiger partial charge in [0.05, 0.1) is 11.1 Å². The van der Waals surface area contributed by atoms with Gasteiger partial charge in [0.25, 0.3) is 0 Å². The summed E-state index contributed by atoms with van der Waals surface area (Å²) < 4.78 is 38.5. The van der Waals surface area contributed by atoms with Crippen LogP contribution in [0.25, 0.3) is 10.9 Å². The van der Waals surface area contributed by atoms with Crippen molar-refractivity contribution in [1.82, 2.24) is 15.3 Å². The van der Waals surface area contributed by atoms with E-state index in [1.807, 2.05) is 0 Å². The second-order valence-corrected chi connectivity index (χ2v) is 3.88. The molecule has 0 atom stereocenters. The van der Waals surface area contributed by atoms with Gasteiger partial charge in [-0.3, -0.25) is 0 Å². The van der Waals surface area contributed by atoms with Crippen molar-refractivity contribution in [2.75, 3.05) is 13.6 Å². The first-order chi connectivity index (χ1) is 8.52. The summed E-state index contributed by atoms with van der Waals surface area (Å²) in [4.78, 5) is 8.06. The zero-order valence-corrected chi connectivity index (χ0v) is 9.75. The van der Waals surface area contributed by atoms with Gasteiger partial charge in [-0.1, -0.05) is 12.1 Å². The summed E-state index contributed by atoms with van der Waals surface area (Å²) in [5, 5.41) is 3.31. The predicted octanol–water partition coefficient (Wildman–Crippen LogP) is 2.41. The molecule has 0 saturated carbocycles. The van der Waals surface area contributed by atoms with Crippen molar-refractivity contribution in [3.63, 3.8) is 0 Å². The largest absolute Gasteiger partial charge is 0.418 e. The fraction of sp³-hybridized carbons (Fsp3) is 0.333. The Morgan fingerprint density at radius 1 is 1.28 bits per heavy atom. The molecule has 3 nitrogen and oxygen atoms in total.